The Balaban J connectivity index is 1.95. The molecule has 1 atom stereocenters. The highest BCUT2D eigenvalue weighted by molar-refractivity contribution is 14.1. The van der Waals surface area contributed by atoms with Crippen molar-refractivity contribution in [3.8, 4) is 17.2 Å². The van der Waals surface area contributed by atoms with Crippen molar-refractivity contribution in [2.45, 2.75) is 4.11 Å². The molecule has 0 saturated carbocycles. The Morgan fingerprint density at radius 3 is 2.65 bits per heavy atom. The van der Waals surface area contributed by atoms with E-state index in [-0.39, 0.29) is 5.75 Å². The smallest absolute Gasteiger partial charge is 0.294 e. The topological polar surface area (TPSA) is 68.7 Å². The van der Waals surface area contributed by atoms with Crippen LogP contribution < -0.4 is 4.74 Å². The number of nitrogens with zero attached hydrogens (tertiary/aromatic N) is 1. The molecule has 1 unspecified atom stereocenters. The summed E-state index contributed by atoms with van der Waals surface area (Å²) in [7, 11) is 0. The van der Waals surface area contributed by atoms with Crippen molar-refractivity contribution in [1.29, 1.82) is 0 Å². The highest BCUT2D eigenvalue weighted by Crippen LogP contribution is 2.36. The van der Waals surface area contributed by atoms with E-state index in [2.05, 4.69) is 4.98 Å². The van der Waals surface area contributed by atoms with Crippen molar-refractivity contribution >= 4 is 39.8 Å². The molecule has 6 heteroatoms. The van der Waals surface area contributed by atoms with Gasteiger partial charge >= 0.3 is 0 Å². The maximum atomic E-state index is 10.4. The molecule has 0 aliphatic carbocycles. The van der Waals surface area contributed by atoms with Crippen molar-refractivity contribution in [2.24, 2.45) is 0 Å². The monoisotopic (exact) mass is 421 g/mol. The molecule has 0 aliphatic heterocycles. The predicted octanol–water partition coefficient (Wildman–Crippen LogP) is 4.34. The van der Waals surface area contributed by atoms with Gasteiger partial charge in [0.05, 0.1) is 0 Å². The molecule has 3 aromatic rings. The molecule has 2 aromatic carbocycles. The van der Waals surface area contributed by atoms with E-state index in [0.717, 1.165) is 11.1 Å². The first-order valence-corrected chi connectivity index (χ1v) is 8.01. The third-order valence-electron chi connectivity index (χ3n) is 3.23. The standard InChI is InChI=1S/C17H12INO4/c18-17(22-10-20)15-16(21)14-7-6-13(8-11(14)9-19-15)23-12-4-2-1-3-5-12/h1-10,17,21H. The van der Waals surface area contributed by atoms with E-state index in [0.29, 0.717) is 23.3 Å². The fraction of sp³-hybridized carbons (Fsp3) is 0.0588. The van der Waals surface area contributed by atoms with Crippen molar-refractivity contribution in [1.82, 2.24) is 4.98 Å². The van der Waals surface area contributed by atoms with E-state index in [1.807, 2.05) is 52.9 Å². The predicted molar refractivity (Wildman–Crippen MR) is 93.8 cm³/mol. The largest absolute Gasteiger partial charge is 0.505 e. The Morgan fingerprint density at radius 2 is 1.91 bits per heavy atom. The Hall–Kier alpha value is -2.35. The van der Waals surface area contributed by atoms with Crippen LogP contribution in [0.1, 0.15) is 9.80 Å². The fourth-order valence-electron chi connectivity index (χ4n) is 2.17. The summed E-state index contributed by atoms with van der Waals surface area (Å²) in [4.78, 5) is 14.6. The second kappa shape index (κ2) is 6.82. The van der Waals surface area contributed by atoms with Gasteiger partial charge in [-0.3, -0.25) is 9.78 Å². The van der Waals surface area contributed by atoms with Crippen LogP contribution in [0.5, 0.6) is 17.2 Å². The summed E-state index contributed by atoms with van der Waals surface area (Å²) in [6.07, 6.45) is 1.61. The molecule has 1 heterocycles. The van der Waals surface area contributed by atoms with Gasteiger partial charge in [0.1, 0.15) is 22.9 Å². The molecule has 116 valence electrons. The molecule has 23 heavy (non-hydrogen) atoms. The average molecular weight is 421 g/mol. The second-order valence-corrected chi connectivity index (χ2v) is 5.84. The van der Waals surface area contributed by atoms with Gasteiger partial charge in [-0.25, -0.2) is 0 Å². The molecule has 3 rings (SSSR count). The second-order valence-electron chi connectivity index (χ2n) is 4.70. The van der Waals surface area contributed by atoms with Crippen LogP contribution in [0.15, 0.2) is 54.7 Å². The SMILES string of the molecule is O=COC(I)c1ncc2cc(Oc3ccccc3)ccc2c1O. The minimum absolute atomic E-state index is 0.00462. The summed E-state index contributed by atoms with van der Waals surface area (Å²) in [6.45, 7) is 0.333. The fourth-order valence-corrected chi connectivity index (χ4v) is 2.74. The lowest BCUT2D eigenvalue weighted by Crippen LogP contribution is -1.99. The Bertz CT molecular complexity index is 839. The lowest BCUT2D eigenvalue weighted by atomic mass is 10.1. The summed E-state index contributed by atoms with van der Waals surface area (Å²) >= 11 is 1.89. The molecule has 0 bridgehead atoms. The number of aromatic nitrogens is 1. The molecule has 0 aliphatic rings. The molecule has 0 radical (unpaired) electrons. The first-order chi connectivity index (χ1) is 11.2. The van der Waals surface area contributed by atoms with E-state index in [4.69, 9.17) is 9.47 Å². The summed E-state index contributed by atoms with van der Waals surface area (Å²) in [5.74, 6) is 1.37. The highest BCUT2D eigenvalue weighted by Gasteiger charge is 2.17. The van der Waals surface area contributed by atoms with Crippen LogP contribution >= 0.6 is 22.6 Å². The summed E-state index contributed by atoms with van der Waals surface area (Å²) in [6, 6.07) is 14.7. The van der Waals surface area contributed by atoms with Gasteiger partial charge in [0.2, 0.25) is 0 Å². The minimum Gasteiger partial charge on any atom is -0.505 e. The first kappa shape index (κ1) is 15.5. The van der Waals surface area contributed by atoms with E-state index >= 15 is 0 Å². The zero-order chi connectivity index (χ0) is 16.2. The number of alkyl halides is 1. The van der Waals surface area contributed by atoms with Gasteiger partial charge in [-0.1, -0.05) is 18.2 Å². The number of benzene rings is 2. The van der Waals surface area contributed by atoms with Gasteiger partial charge in [0.25, 0.3) is 6.47 Å². The number of ether oxygens (including phenoxy) is 2. The van der Waals surface area contributed by atoms with Crippen LogP contribution in [0, 0.1) is 0 Å². The van der Waals surface area contributed by atoms with Crippen molar-refractivity contribution < 1.29 is 19.4 Å². The summed E-state index contributed by atoms with van der Waals surface area (Å²) in [5, 5.41) is 11.7. The van der Waals surface area contributed by atoms with Crippen molar-refractivity contribution in [3.63, 3.8) is 0 Å². The lowest BCUT2D eigenvalue weighted by molar-refractivity contribution is -0.129. The maximum Gasteiger partial charge on any atom is 0.294 e. The first-order valence-electron chi connectivity index (χ1n) is 6.77. The zero-order valence-corrected chi connectivity index (χ0v) is 14.0. The highest BCUT2D eigenvalue weighted by atomic mass is 127. The molecular formula is C17H12INO4. The zero-order valence-electron chi connectivity index (χ0n) is 11.8. The molecule has 1 N–H and O–H groups in total. The molecular weight excluding hydrogens is 409 g/mol. The van der Waals surface area contributed by atoms with Gasteiger partial charge < -0.3 is 14.6 Å². The lowest BCUT2D eigenvalue weighted by Gasteiger charge is -2.12. The normalized spacial score (nSPS) is 11.9. The number of halogens is 1. The van der Waals surface area contributed by atoms with Crippen LogP contribution in [-0.4, -0.2) is 16.6 Å². The molecule has 0 spiro atoms. The maximum absolute atomic E-state index is 10.4. The van der Waals surface area contributed by atoms with Gasteiger partial charge in [-0.2, -0.15) is 0 Å². The van der Waals surface area contributed by atoms with Crippen LogP contribution in [0.2, 0.25) is 0 Å². The molecule has 0 amide bonds. The quantitative estimate of drug-likeness (QED) is 0.377. The number of fused-ring (bicyclic) bond motifs is 1. The average Bonchev–Trinajstić information content (AvgIpc) is 2.56. The Kier molecular flexibility index (Phi) is 4.61. The van der Waals surface area contributed by atoms with Crippen LogP contribution in [0.4, 0.5) is 0 Å². The number of aromatic hydroxyl groups is 1. The third kappa shape index (κ3) is 3.37. The summed E-state index contributed by atoms with van der Waals surface area (Å²) in [5.41, 5.74) is 0.307. The number of carbonyl (C=O) groups is 1. The van der Waals surface area contributed by atoms with Gasteiger partial charge in [0.15, 0.2) is 4.11 Å². The van der Waals surface area contributed by atoms with Crippen LogP contribution in [-0.2, 0) is 9.53 Å². The van der Waals surface area contributed by atoms with E-state index in [9.17, 15) is 9.90 Å². The van der Waals surface area contributed by atoms with Crippen molar-refractivity contribution in [2.75, 3.05) is 0 Å². The molecule has 0 fully saturated rings. The van der Waals surface area contributed by atoms with Gasteiger partial charge in [-0.15, -0.1) is 0 Å². The molecule has 0 saturated heterocycles. The summed E-state index contributed by atoms with van der Waals surface area (Å²) < 4.78 is 9.94. The van der Waals surface area contributed by atoms with Gasteiger partial charge in [0, 0.05) is 17.0 Å². The van der Waals surface area contributed by atoms with E-state index in [1.165, 1.54) is 0 Å². The Morgan fingerprint density at radius 1 is 1.13 bits per heavy atom. The molecule has 1 aromatic heterocycles. The number of hydrogen-bond donors (Lipinski definition) is 1. The van der Waals surface area contributed by atoms with Gasteiger partial charge in [-0.05, 0) is 52.9 Å². The molecule has 5 nitrogen and oxygen atoms in total. The minimum atomic E-state index is -0.644. The number of hydrogen-bond acceptors (Lipinski definition) is 5. The Labute approximate surface area is 146 Å². The number of pyridine rings is 1. The van der Waals surface area contributed by atoms with Crippen LogP contribution in [0.25, 0.3) is 10.8 Å². The number of rotatable bonds is 5. The van der Waals surface area contributed by atoms with E-state index in [1.54, 1.807) is 24.4 Å². The number of para-hydroxylation sites is 1. The van der Waals surface area contributed by atoms with Crippen molar-refractivity contribution in [3.05, 3.63) is 60.4 Å². The van der Waals surface area contributed by atoms with E-state index < -0.39 is 4.11 Å². The third-order valence-corrected chi connectivity index (χ3v) is 4.12. The number of carbonyl (C=O) groups excluding carboxylic acids is 1. The van der Waals surface area contributed by atoms with Crippen LogP contribution in [0.3, 0.4) is 0 Å².